The van der Waals surface area contributed by atoms with Gasteiger partial charge in [-0.15, -0.1) is 0 Å². The third-order valence-electron chi connectivity index (χ3n) is 4.77. The largest absolute Gasteiger partial charge is 0.340 e. The molecule has 1 fully saturated rings. The van der Waals surface area contributed by atoms with Gasteiger partial charge in [-0.25, -0.2) is 4.39 Å². The maximum Gasteiger partial charge on any atom is 0.242 e. The lowest BCUT2D eigenvalue weighted by Crippen LogP contribution is -2.41. The second kappa shape index (κ2) is 6.96. The van der Waals surface area contributed by atoms with Gasteiger partial charge < -0.3 is 4.90 Å². The Morgan fingerprint density at radius 1 is 1.24 bits per heavy atom. The fourth-order valence-electron chi connectivity index (χ4n) is 3.29. The molecule has 2 atom stereocenters. The van der Waals surface area contributed by atoms with Crippen molar-refractivity contribution in [3.8, 4) is 0 Å². The molecule has 1 aromatic carbocycles. The Kier molecular flexibility index (Phi) is 4.90. The second-order valence-corrected chi connectivity index (χ2v) is 6.78. The van der Waals surface area contributed by atoms with Crippen LogP contribution in [-0.4, -0.2) is 41.1 Å². The van der Waals surface area contributed by atoms with Crippen LogP contribution in [0.4, 0.5) is 4.39 Å². The number of hydrogen-bond donors (Lipinski definition) is 0. The Morgan fingerprint density at radius 2 is 1.84 bits per heavy atom. The van der Waals surface area contributed by atoms with E-state index in [-0.39, 0.29) is 47.3 Å². The Hall–Kier alpha value is -2.21. The Morgan fingerprint density at radius 3 is 2.40 bits per heavy atom. The monoisotopic (exact) mass is 364 g/mol. The van der Waals surface area contributed by atoms with E-state index in [0.29, 0.717) is 12.8 Å². The first-order valence-corrected chi connectivity index (χ1v) is 8.45. The minimum absolute atomic E-state index is 0.0328. The number of likely N-dealkylation sites (tertiary alicyclic amines) is 1. The maximum absolute atomic E-state index is 13.9. The minimum atomic E-state index is -0.502. The molecule has 0 bridgehead atoms. The molecule has 3 rings (SSSR count). The van der Waals surface area contributed by atoms with Crippen LogP contribution in [0.25, 0.3) is 0 Å². The summed E-state index contributed by atoms with van der Waals surface area (Å²) in [6, 6.07) is 4.30. The van der Waals surface area contributed by atoms with E-state index >= 15 is 0 Å². The molecule has 3 amide bonds. The van der Waals surface area contributed by atoms with Crippen molar-refractivity contribution in [1.29, 1.82) is 0 Å². The van der Waals surface area contributed by atoms with Crippen LogP contribution in [0.2, 0.25) is 5.02 Å². The van der Waals surface area contributed by atoms with Gasteiger partial charge in [0.25, 0.3) is 0 Å². The van der Waals surface area contributed by atoms with E-state index in [4.69, 9.17) is 11.6 Å². The molecule has 132 valence electrons. The van der Waals surface area contributed by atoms with Crippen LogP contribution in [0, 0.1) is 17.7 Å². The summed E-state index contributed by atoms with van der Waals surface area (Å²) in [6.07, 6.45) is 4.84. The molecule has 0 N–H and O–H groups in total. The van der Waals surface area contributed by atoms with Crippen molar-refractivity contribution < 1.29 is 18.8 Å². The first-order valence-electron chi connectivity index (χ1n) is 8.07. The van der Waals surface area contributed by atoms with Crippen LogP contribution in [0.5, 0.6) is 0 Å². The van der Waals surface area contributed by atoms with Crippen molar-refractivity contribution in [3.05, 3.63) is 46.8 Å². The summed E-state index contributed by atoms with van der Waals surface area (Å²) in [5.41, 5.74) is 0.206. The third-order valence-corrected chi connectivity index (χ3v) is 5.13. The Balaban J connectivity index is 1.68. The number of nitrogens with zero attached hydrogens (tertiary/aromatic N) is 2. The molecule has 1 heterocycles. The molecule has 1 aromatic rings. The molecule has 0 spiro atoms. The number of carbonyl (C=O) groups excluding carboxylic acids is 3. The summed E-state index contributed by atoms with van der Waals surface area (Å²) in [7, 11) is 1.49. The van der Waals surface area contributed by atoms with E-state index in [1.165, 1.54) is 24.1 Å². The van der Waals surface area contributed by atoms with E-state index in [1.54, 1.807) is 6.07 Å². The number of benzene rings is 1. The lowest BCUT2D eigenvalue weighted by Gasteiger charge is -2.21. The predicted molar refractivity (Wildman–Crippen MR) is 90.0 cm³/mol. The number of allylic oxidation sites excluding steroid dienone is 2. The summed E-state index contributed by atoms with van der Waals surface area (Å²) in [5.74, 6) is -2.27. The van der Waals surface area contributed by atoms with Gasteiger partial charge in [-0.1, -0.05) is 29.8 Å². The van der Waals surface area contributed by atoms with Crippen LogP contribution < -0.4 is 0 Å². The number of hydrogen-bond acceptors (Lipinski definition) is 3. The predicted octanol–water partition coefficient (Wildman–Crippen LogP) is 2.39. The van der Waals surface area contributed by atoms with Gasteiger partial charge in [0, 0.05) is 24.2 Å². The molecular weight excluding hydrogens is 347 g/mol. The fourth-order valence-corrected chi connectivity index (χ4v) is 3.51. The van der Waals surface area contributed by atoms with Crippen LogP contribution in [-0.2, 0) is 20.9 Å². The van der Waals surface area contributed by atoms with Crippen molar-refractivity contribution in [1.82, 2.24) is 9.80 Å². The minimum Gasteiger partial charge on any atom is -0.340 e. The Labute approximate surface area is 150 Å². The van der Waals surface area contributed by atoms with Crippen LogP contribution in [0.3, 0.4) is 0 Å². The first kappa shape index (κ1) is 17.6. The number of halogens is 2. The van der Waals surface area contributed by atoms with Gasteiger partial charge in [-0.05, 0) is 25.0 Å². The number of likely N-dealkylation sites (N-methyl/N-ethyl adjacent to an activating group) is 1. The zero-order valence-corrected chi connectivity index (χ0v) is 14.5. The molecule has 7 heteroatoms. The molecule has 2 aliphatic rings. The van der Waals surface area contributed by atoms with Gasteiger partial charge in [-0.2, -0.15) is 0 Å². The van der Waals surface area contributed by atoms with E-state index in [1.807, 2.05) is 12.2 Å². The van der Waals surface area contributed by atoms with E-state index in [2.05, 4.69) is 0 Å². The normalized spacial score (nSPS) is 22.3. The van der Waals surface area contributed by atoms with Gasteiger partial charge in [-0.3, -0.25) is 19.3 Å². The van der Waals surface area contributed by atoms with Crippen molar-refractivity contribution in [2.45, 2.75) is 19.4 Å². The smallest absolute Gasteiger partial charge is 0.242 e. The highest BCUT2D eigenvalue weighted by molar-refractivity contribution is 6.31. The quantitative estimate of drug-likeness (QED) is 0.609. The van der Waals surface area contributed by atoms with Gasteiger partial charge in [0.15, 0.2) is 0 Å². The summed E-state index contributed by atoms with van der Waals surface area (Å²) in [5, 5.41) is 0.227. The first-order chi connectivity index (χ1) is 11.9. The summed E-state index contributed by atoms with van der Waals surface area (Å²) in [4.78, 5) is 39.5. The zero-order chi connectivity index (χ0) is 18.1. The second-order valence-electron chi connectivity index (χ2n) is 6.37. The average molecular weight is 365 g/mol. The molecule has 1 aliphatic heterocycles. The van der Waals surface area contributed by atoms with Gasteiger partial charge >= 0.3 is 0 Å². The highest BCUT2D eigenvalue weighted by Crippen LogP contribution is 2.35. The van der Waals surface area contributed by atoms with Crippen molar-refractivity contribution >= 4 is 29.3 Å². The number of fused-ring (bicyclic) bond motifs is 1. The third kappa shape index (κ3) is 3.31. The molecule has 0 aromatic heterocycles. The number of rotatable bonds is 4. The van der Waals surface area contributed by atoms with E-state index in [9.17, 15) is 18.8 Å². The zero-order valence-electron chi connectivity index (χ0n) is 13.7. The lowest BCUT2D eigenvalue weighted by molar-refractivity contribution is -0.146. The summed E-state index contributed by atoms with van der Waals surface area (Å²) >= 11 is 5.97. The van der Waals surface area contributed by atoms with E-state index in [0.717, 1.165) is 4.90 Å². The van der Waals surface area contributed by atoms with Crippen LogP contribution in [0.15, 0.2) is 30.4 Å². The lowest BCUT2D eigenvalue weighted by atomic mass is 9.85. The molecule has 1 saturated heterocycles. The average Bonchev–Trinajstić information content (AvgIpc) is 2.83. The van der Waals surface area contributed by atoms with Gasteiger partial charge in [0.2, 0.25) is 17.7 Å². The summed E-state index contributed by atoms with van der Waals surface area (Å²) in [6.45, 7) is -0.359. The number of imide groups is 1. The fraction of sp³-hybridized carbons (Fsp3) is 0.389. The SMILES string of the molecule is CN(Cc1c(F)cccc1Cl)C(=O)CN1C(=O)C2CC=CCC2C1=O. The molecule has 25 heavy (non-hydrogen) atoms. The van der Waals surface area contributed by atoms with E-state index < -0.39 is 11.7 Å². The standard InChI is InChI=1S/C18H18ClFN2O3/c1-21(9-13-14(19)7-4-8-15(13)20)16(23)10-22-17(24)11-5-2-3-6-12(11)18(22)25/h2-4,7-8,11-12H,5-6,9-10H2,1H3. The highest BCUT2D eigenvalue weighted by atomic mass is 35.5. The van der Waals surface area contributed by atoms with Crippen LogP contribution in [0.1, 0.15) is 18.4 Å². The summed E-state index contributed by atoms with van der Waals surface area (Å²) < 4.78 is 13.9. The van der Waals surface area contributed by atoms with Gasteiger partial charge in [0.05, 0.1) is 11.8 Å². The molecule has 1 aliphatic carbocycles. The van der Waals surface area contributed by atoms with Crippen molar-refractivity contribution in [2.24, 2.45) is 11.8 Å². The molecular formula is C18H18ClFN2O3. The highest BCUT2D eigenvalue weighted by Gasteiger charge is 2.47. The van der Waals surface area contributed by atoms with Crippen LogP contribution >= 0.6 is 11.6 Å². The molecule has 0 radical (unpaired) electrons. The number of carbonyl (C=O) groups is 3. The maximum atomic E-state index is 13.9. The van der Waals surface area contributed by atoms with Crippen molar-refractivity contribution in [2.75, 3.05) is 13.6 Å². The molecule has 5 nitrogen and oxygen atoms in total. The Bertz CT molecular complexity index is 718. The molecule has 2 unspecified atom stereocenters. The van der Waals surface area contributed by atoms with Crippen molar-refractivity contribution in [3.63, 3.8) is 0 Å². The topological polar surface area (TPSA) is 57.7 Å². The molecule has 0 saturated carbocycles. The van der Waals surface area contributed by atoms with Gasteiger partial charge in [0.1, 0.15) is 12.4 Å². The number of amides is 3.